The van der Waals surface area contributed by atoms with Gasteiger partial charge in [-0.15, -0.1) is 0 Å². The Hall–Kier alpha value is -2.10. The van der Waals surface area contributed by atoms with Gasteiger partial charge in [0.2, 0.25) is 5.91 Å². The first-order chi connectivity index (χ1) is 10.6. The summed E-state index contributed by atoms with van der Waals surface area (Å²) in [4.78, 5) is 12.0. The number of benzene rings is 1. The van der Waals surface area contributed by atoms with Gasteiger partial charge in [-0.2, -0.15) is 5.10 Å². The van der Waals surface area contributed by atoms with E-state index >= 15 is 0 Å². The molecule has 0 aliphatic heterocycles. The Morgan fingerprint density at radius 2 is 2.18 bits per heavy atom. The summed E-state index contributed by atoms with van der Waals surface area (Å²) in [5.41, 5.74) is 3.89. The van der Waals surface area contributed by atoms with Gasteiger partial charge in [-0.25, -0.2) is 0 Å². The molecule has 0 radical (unpaired) electrons. The van der Waals surface area contributed by atoms with Crippen LogP contribution in [0.4, 0.5) is 0 Å². The lowest BCUT2D eigenvalue weighted by atomic mass is 9.69. The van der Waals surface area contributed by atoms with Crippen LogP contribution in [0.1, 0.15) is 49.4 Å². The van der Waals surface area contributed by atoms with Crippen LogP contribution in [-0.2, 0) is 16.6 Å². The molecule has 116 valence electrons. The molecule has 1 heterocycles. The van der Waals surface area contributed by atoms with E-state index in [1.54, 1.807) is 6.20 Å². The molecule has 0 bridgehead atoms. The van der Waals surface area contributed by atoms with Crippen LogP contribution in [0.25, 0.3) is 0 Å². The average Bonchev–Trinajstić information content (AvgIpc) is 2.99. The Morgan fingerprint density at radius 1 is 1.36 bits per heavy atom. The fraction of sp³-hybridized carbons (Fsp3) is 0.444. The molecule has 2 N–H and O–H groups in total. The Kier molecular flexibility index (Phi) is 4.01. The van der Waals surface area contributed by atoms with Crippen LogP contribution in [0, 0.1) is 0 Å². The third kappa shape index (κ3) is 3.06. The average molecular weight is 297 g/mol. The molecule has 1 amide bonds. The van der Waals surface area contributed by atoms with Gasteiger partial charge in [-0.3, -0.25) is 9.89 Å². The van der Waals surface area contributed by atoms with E-state index in [9.17, 15) is 4.79 Å². The van der Waals surface area contributed by atoms with Gasteiger partial charge in [0.1, 0.15) is 0 Å². The molecule has 4 heteroatoms. The number of fused-ring (bicyclic) bond motifs is 1. The zero-order valence-electron chi connectivity index (χ0n) is 13.2. The van der Waals surface area contributed by atoms with E-state index in [0.29, 0.717) is 18.9 Å². The molecule has 0 saturated heterocycles. The largest absolute Gasteiger partial charge is 0.355 e. The van der Waals surface area contributed by atoms with Gasteiger partial charge in [-0.1, -0.05) is 38.1 Å². The number of carbonyl (C=O) groups is 1. The first-order valence-electron chi connectivity index (χ1n) is 7.90. The lowest BCUT2D eigenvalue weighted by Crippen LogP contribution is -2.34. The summed E-state index contributed by atoms with van der Waals surface area (Å²) in [5, 5.41) is 9.76. The fourth-order valence-electron chi connectivity index (χ4n) is 3.36. The molecular weight excluding hydrogens is 274 g/mol. The number of hydrogen-bond acceptors (Lipinski definition) is 2. The molecule has 22 heavy (non-hydrogen) atoms. The van der Waals surface area contributed by atoms with E-state index in [0.717, 1.165) is 18.5 Å². The number of rotatable bonds is 4. The van der Waals surface area contributed by atoms with Crippen molar-refractivity contribution in [3.8, 4) is 0 Å². The molecule has 2 aromatic rings. The Labute approximate surface area is 131 Å². The minimum Gasteiger partial charge on any atom is -0.355 e. The van der Waals surface area contributed by atoms with E-state index in [1.165, 1.54) is 11.1 Å². The van der Waals surface area contributed by atoms with Crippen LogP contribution in [0.15, 0.2) is 36.5 Å². The fourth-order valence-corrected chi connectivity index (χ4v) is 3.36. The van der Waals surface area contributed by atoms with Crippen LogP contribution < -0.4 is 5.32 Å². The zero-order valence-corrected chi connectivity index (χ0v) is 13.2. The van der Waals surface area contributed by atoms with E-state index in [1.807, 2.05) is 6.07 Å². The SMILES string of the molecule is CC1(C)CCC(CNC(=O)Cc2ccn[nH]2)c2ccccc21. The second-order valence-corrected chi connectivity index (χ2v) is 6.77. The maximum atomic E-state index is 12.0. The summed E-state index contributed by atoms with van der Waals surface area (Å²) >= 11 is 0. The highest BCUT2D eigenvalue weighted by atomic mass is 16.1. The maximum Gasteiger partial charge on any atom is 0.226 e. The maximum absolute atomic E-state index is 12.0. The highest BCUT2D eigenvalue weighted by molar-refractivity contribution is 5.78. The smallest absolute Gasteiger partial charge is 0.226 e. The third-order valence-electron chi connectivity index (χ3n) is 4.70. The zero-order chi connectivity index (χ0) is 15.6. The van der Waals surface area contributed by atoms with Crippen molar-refractivity contribution in [3.05, 3.63) is 53.3 Å². The molecule has 1 aromatic heterocycles. The molecule has 1 aliphatic carbocycles. The highest BCUT2D eigenvalue weighted by Gasteiger charge is 2.32. The molecule has 1 atom stereocenters. The summed E-state index contributed by atoms with van der Waals surface area (Å²) in [6.07, 6.45) is 4.31. The number of H-pyrrole nitrogens is 1. The standard InChI is InChI=1S/C18H23N3O/c1-18(2)9-7-13(15-5-3-4-6-16(15)18)12-19-17(22)11-14-8-10-20-21-14/h3-6,8,10,13H,7,9,11-12H2,1-2H3,(H,19,22)(H,20,21). The minimum atomic E-state index is 0.0477. The van der Waals surface area contributed by atoms with E-state index in [2.05, 4.69) is 53.6 Å². The van der Waals surface area contributed by atoms with E-state index < -0.39 is 0 Å². The van der Waals surface area contributed by atoms with Gasteiger partial charge in [0.05, 0.1) is 6.42 Å². The first-order valence-corrected chi connectivity index (χ1v) is 7.90. The van der Waals surface area contributed by atoms with E-state index in [4.69, 9.17) is 0 Å². The van der Waals surface area contributed by atoms with Crippen molar-refractivity contribution >= 4 is 5.91 Å². The molecule has 1 unspecified atom stereocenters. The molecule has 3 rings (SSSR count). The number of aromatic amines is 1. The normalized spacial score (nSPS) is 19.5. The number of hydrogen-bond donors (Lipinski definition) is 2. The molecule has 4 nitrogen and oxygen atoms in total. The third-order valence-corrected chi connectivity index (χ3v) is 4.70. The number of carbonyl (C=O) groups excluding carboxylic acids is 1. The van der Waals surface area contributed by atoms with Crippen molar-refractivity contribution < 1.29 is 4.79 Å². The van der Waals surface area contributed by atoms with Gasteiger partial charge >= 0.3 is 0 Å². The lowest BCUT2D eigenvalue weighted by Gasteiger charge is -2.37. The first kappa shape index (κ1) is 14.8. The second kappa shape index (κ2) is 5.95. The molecule has 0 spiro atoms. The Bertz CT molecular complexity index is 646. The van der Waals surface area contributed by atoms with Crippen molar-refractivity contribution in [2.24, 2.45) is 0 Å². The number of nitrogens with zero attached hydrogens (tertiary/aromatic N) is 1. The number of nitrogens with one attached hydrogen (secondary N) is 2. The van der Waals surface area contributed by atoms with Gasteiger partial charge in [0.25, 0.3) is 0 Å². The van der Waals surface area contributed by atoms with Crippen molar-refractivity contribution in [1.82, 2.24) is 15.5 Å². The van der Waals surface area contributed by atoms with Gasteiger partial charge in [-0.05, 0) is 35.4 Å². The molecule has 0 saturated carbocycles. The number of aromatic nitrogens is 2. The monoisotopic (exact) mass is 297 g/mol. The van der Waals surface area contributed by atoms with Crippen molar-refractivity contribution in [2.45, 2.75) is 44.4 Å². The quantitative estimate of drug-likeness (QED) is 0.911. The topological polar surface area (TPSA) is 57.8 Å². The molecule has 0 fully saturated rings. The Morgan fingerprint density at radius 3 is 2.95 bits per heavy atom. The minimum absolute atomic E-state index is 0.0477. The molecule has 1 aromatic carbocycles. The van der Waals surface area contributed by atoms with Gasteiger partial charge in [0.15, 0.2) is 0 Å². The second-order valence-electron chi connectivity index (χ2n) is 6.77. The van der Waals surface area contributed by atoms with Crippen LogP contribution in [0.3, 0.4) is 0 Å². The van der Waals surface area contributed by atoms with Crippen molar-refractivity contribution in [3.63, 3.8) is 0 Å². The highest BCUT2D eigenvalue weighted by Crippen LogP contribution is 2.42. The summed E-state index contributed by atoms with van der Waals surface area (Å²) < 4.78 is 0. The predicted molar refractivity (Wildman–Crippen MR) is 86.7 cm³/mol. The van der Waals surface area contributed by atoms with Crippen LogP contribution in [0.5, 0.6) is 0 Å². The lowest BCUT2D eigenvalue weighted by molar-refractivity contribution is -0.120. The van der Waals surface area contributed by atoms with Crippen LogP contribution in [0.2, 0.25) is 0 Å². The van der Waals surface area contributed by atoms with Crippen LogP contribution >= 0.6 is 0 Å². The molecular formula is C18H23N3O. The van der Waals surface area contributed by atoms with Crippen LogP contribution in [-0.4, -0.2) is 22.6 Å². The van der Waals surface area contributed by atoms with Crippen molar-refractivity contribution in [2.75, 3.05) is 6.54 Å². The van der Waals surface area contributed by atoms with Gasteiger partial charge < -0.3 is 5.32 Å². The van der Waals surface area contributed by atoms with Gasteiger partial charge in [0, 0.05) is 24.4 Å². The molecule has 1 aliphatic rings. The number of amides is 1. The summed E-state index contributed by atoms with van der Waals surface area (Å²) in [6, 6.07) is 10.5. The summed E-state index contributed by atoms with van der Waals surface area (Å²) in [7, 11) is 0. The van der Waals surface area contributed by atoms with Crippen molar-refractivity contribution in [1.29, 1.82) is 0 Å². The summed E-state index contributed by atoms with van der Waals surface area (Å²) in [6.45, 7) is 5.32. The summed E-state index contributed by atoms with van der Waals surface area (Å²) in [5.74, 6) is 0.460. The predicted octanol–water partition coefficient (Wildman–Crippen LogP) is 2.92. The Balaban J connectivity index is 1.65. The van der Waals surface area contributed by atoms with E-state index in [-0.39, 0.29) is 11.3 Å².